The zero-order chi connectivity index (χ0) is 17.4. The SMILES string of the molecule is CN=C(NCCc1ncc(C)s1)NCc1cccc(NC(C)=O)c1.I. The summed E-state index contributed by atoms with van der Waals surface area (Å²) >= 11 is 1.72. The molecule has 0 fully saturated rings. The van der Waals surface area contributed by atoms with Gasteiger partial charge in [-0.05, 0) is 24.6 Å². The van der Waals surface area contributed by atoms with Gasteiger partial charge in [0.05, 0.1) is 5.01 Å². The Morgan fingerprint density at radius 1 is 1.32 bits per heavy atom. The van der Waals surface area contributed by atoms with Crippen LogP contribution in [0, 0.1) is 6.92 Å². The summed E-state index contributed by atoms with van der Waals surface area (Å²) in [5, 5.41) is 10.5. The molecule has 1 aromatic heterocycles. The van der Waals surface area contributed by atoms with Gasteiger partial charge in [-0.25, -0.2) is 4.98 Å². The fourth-order valence-electron chi connectivity index (χ4n) is 2.17. The van der Waals surface area contributed by atoms with E-state index in [2.05, 4.69) is 32.9 Å². The van der Waals surface area contributed by atoms with Crippen molar-refractivity contribution >= 4 is 52.9 Å². The quantitative estimate of drug-likeness (QED) is 0.343. The number of hydrogen-bond donors (Lipinski definition) is 3. The van der Waals surface area contributed by atoms with Gasteiger partial charge in [0.1, 0.15) is 0 Å². The van der Waals surface area contributed by atoms with Crippen molar-refractivity contribution in [2.45, 2.75) is 26.8 Å². The van der Waals surface area contributed by atoms with E-state index in [9.17, 15) is 4.79 Å². The molecule has 1 amide bonds. The molecule has 1 aromatic carbocycles. The molecule has 136 valence electrons. The normalized spacial score (nSPS) is 10.8. The third-order valence-corrected chi connectivity index (χ3v) is 4.20. The monoisotopic (exact) mass is 473 g/mol. The summed E-state index contributed by atoms with van der Waals surface area (Å²) in [5.74, 6) is 0.670. The highest BCUT2D eigenvalue weighted by molar-refractivity contribution is 14.0. The Hall–Kier alpha value is -1.68. The molecule has 25 heavy (non-hydrogen) atoms. The van der Waals surface area contributed by atoms with Gasteiger partial charge in [0, 0.05) is 50.2 Å². The van der Waals surface area contributed by atoms with E-state index in [0.29, 0.717) is 6.54 Å². The highest BCUT2D eigenvalue weighted by Gasteiger charge is 2.02. The maximum atomic E-state index is 11.1. The Morgan fingerprint density at radius 2 is 2.12 bits per heavy atom. The molecule has 0 unspecified atom stereocenters. The number of carbonyl (C=O) groups is 1. The van der Waals surface area contributed by atoms with E-state index in [1.54, 1.807) is 18.4 Å². The number of carbonyl (C=O) groups excluding carboxylic acids is 1. The molecule has 6 nitrogen and oxygen atoms in total. The van der Waals surface area contributed by atoms with E-state index >= 15 is 0 Å². The van der Waals surface area contributed by atoms with Gasteiger partial charge >= 0.3 is 0 Å². The summed E-state index contributed by atoms with van der Waals surface area (Å²) in [5.41, 5.74) is 1.86. The molecule has 0 aliphatic rings. The largest absolute Gasteiger partial charge is 0.356 e. The van der Waals surface area contributed by atoms with Crippen LogP contribution < -0.4 is 16.0 Å². The number of thiazole rings is 1. The third kappa shape index (κ3) is 7.82. The number of anilines is 1. The van der Waals surface area contributed by atoms with Crippen LogP contribution in [0.4, 0.5) is 5.69 Å². The van der Waals surface area contributed by atoms with Crippen LogP contribution in [0.2, 0.25) is 0 Å². The van der Waals surface area contributed by atoms with Crippen molar-refractivity contribution in [1.82, 2.24) is 15.6 Å². The van der Waals surface area contributed by atoms with E-state index in [1.807, 2.05) is 30.5 Å². The number of guanidine groups is 1. The molecule has 2 aromatic rings. The molecule has 0 atom stereocenters. The fraction of sp³-hybridized carbons (Fsp3) is 0.353. The first-order chi connectivity index (χ1) is 11.6. The van der Waals surface area contributed by atoms with Crippen molar-refractivity contribution in [1.29, 1.82) is 0 Å². The summed E-state index contributed by atoms with van der Waals surface area (Å²) in [6, 6.07) is 7.74. The molecule has 8 heteroatoms. The maximum Gasteiger partial charge on any atom is 0.221 e. The van der Waals surface area contributed by atoms with Crippen molar-refractivity contribution in [2.24, 2.45) is 4.99 Å². The van der Waals surface area contributed by atoms with E-state index in [4.69, 9.17) is 0 Å². The van der Waals surface area contributed by atoms with Gasteiger partial charge in [0.2, 0.25) is 5.91 Å². The zero-order valence-electron chi connectivity index (χ0n) is 14.6. The highest BCUT2D eigenvalue weighted by Crippen LogP contribution is 2.11. The number of amides is 1. The van der Waals surface area contributed by atoms with Crippen LogP contribution in [0.5, 0.6) is 0 Å². The molecular weight excluding hydrogens is 449 g/mol. The number of halogens is 1. The minimum atomic E-state index is -0.0741. The number of nitrogens with one attached hydrogen (secondary N) is 3. The van der Waals surface area contributed by atoms with Gasteiger partial charge in [0.15, 0.2) is 5.96 Å². The summed E-state index contributed by atoms with van der Waals surface area (Å²) in [6.07, 6.45) is 2.77. The minimum absolute atomic E-state index is 0. The highest BCUT2D eigenvalue weighted by atomic mass is 127. The summed E-state index contributed by atoms with van der Waals surface area (Å²) < 4.78 is 0. The molecule has 0 spiro atoms. The number of aliphatic imine (C=N–C) groups is 1. The second-order valence-corrected chi connectivity index (χ2v) is 6.67. The van der Waals surface area contributed by atoms with Crippen LogP contribution in [0.3, 0.4) is 0 Å². The second-order valence-electron chi connectivity index (χ2n) is 5.35. The molecule has 0 radical (unpaired) electrons. The number of aryl methyl sites for hydroxylation is 1. The number of rotatable bonds is 6. The van der Waals surface area contributed by atoms with Gasteiger partial charge in [0.25, 0.3) is 0 Å². The van der Waals surface area contributed by atoms with E-state index in [-0.39, 0.29) is 29.9 Å². The molecule has 0 saturated carbocycles. The Labute approximate surface area is 169 Å². The Morgan fingerprint density at radius 3 is 2.76 bits per heavy atom. The lowest BCUT2D eigenvalue weighted by Gasteiger charge is -2.12. The average molecular weight is 473 g/mol. The van der Waals surface area contributed by atoms with Crippen LogP contribution in [-0.4, -0.2) is 30.4 Å². The number of benzene rings is 1. The van der Waals surface area contributed by atoms with Gasteiger partial charge < -0.3 is 16.0 Å². The summed E-state index contributed by atoms with van der Waals surface area (Å²) in [6.45, 7) is 4.97. The smallest absolute Gasteiger partial charge is 0.221 e. The molecule has 0 aliphatic carbocycles. The zero-order valence-corrected chi connectivity index (χ0v) is 17.8. The Kier molecular flexibility index (Phi) is 9.43. The second kappa shape index (κ2) is 11.0. The molecule has 3 N–H and O–H groups in total. The van der Waals surface area contributed by atoms with Crippen molar-refractivity contribution in [3.8, 4) is 0 Å². The lowest BCUT2D eigenvalue weighted by Crippen LogP contribution is -2.37. The van der Waals surface area contributed by atoms with Crippen LogP contribution >= 0.6 is 35.3 Å². The molecular formula is C17H24IN5OS. The number of aromatic nitrogens is 1. The average Bonchev–Trinajstić information content (AvgIpc) is 2.96. The fourth-order valence-corrected chi connectivity index (χ4v) is 2.96. The predicted molar refractivity (Wildman–Crippen MR) is 115 cm³/mol. The first-order valence-corrected chi connectivity index (χ1v) is 8.61. The molecule has 0 bridgehead atoms. The van der Waals surface area contributed by atoms with Crippen LogP contribution in [0.25, 0.3) is 0 Å². The van der Waals surface area contributed by atoms with Gasteiger partial charge in [-0.2, -0.15) is 0 Å². The van der Waals surface area contributed by atoms with Gasteiger partial charge in [-0.1, -0.05) is 12.1 Å². The number of hydrogen-bond acceptors (Lipinski definition) is 4. The predicted octanol–water partition coefficient (Wildman–Crippen LogP) is 2.94. The third-order valence-electron chi connectivity index (χ3n) is 3.23. The van der Waals surface area contributed by atoms with Crippen LogP contribution in [0.1, 0.15) is 22.4 Å². The topological polar surface area (TPSA) is 78.4 Å². The van der Waals surface area contributed by atoms with Crippen LogP contribution in [-0.2, 0) is 17.8 Å². The Balaban J connectivity index is 0.00000312. The minimum Gasteiger partial charge on any atom is -0.356 e. The van der Waals surface area contributed by atoms with Crippen molar-refractivity contribution < 1.29 is 4.79 Å². The van der Waals surface area contributed by atoms with Crippen molar-refractivity contribution in [3.05, 3.63) is 45.9 Å². The molecule has 2 rings (SSSR count). The van der Waals surface area contributed by atoms with E-state index < -0.39 is 0 Å². The Bertz CT molecular complexity index is 717. The standard InChI is InChI=1S/C17H23N5OS.HI/c1-12-10-20-16(24-12)7-8-19-17(18-3)21-11-14-5-4-6-15(9-14)22-13(2)23;/h4-6,9-10H,7-8,11H2,1-3H3,(H,22,23)(H2,18,19,21);1H. The molecule has 0 saturated heterocycles. The maximum absolute atomic E-state index is 11.1. The van der Waals surface area contributed by atoms with Crippen LogP contribution in [0.15, 0.2) is 35.5 Å². The van der Waals surface area contributed by atoms with Crippen molar-refractivity contribution in [3.63, 3.8) is 0 Å². The summed E-state index contributed by atoms with van der Waals surface area (Å²) in [4.78, 5) is 20.9. The van der Waals surface area contributed by atoms with Gasteiger partial charge in [-0.3, -0.25) is 9.79 Å². The molecule has 1 heterocycles. The molecule has 0 aliphatic heterocycles. The van der Waals surface area contributed by atoms with E-state index in [1.165, 1.54) is 11.8 Å². The first kappa shape index (κ1) is 21.4. The number of nitrogens with zero attached hydrogens (tertiary/aromatic N) is 2. The lowest BCUT2D eigenvalue weighted by molar-refractivity contribution is -0.114. The summed E-state index contributed by atoms with van der Waals surface area (Å²) in [7, 11) is 1.75. The van der Waals surface area contributed by atoms with Crippen molar-refractivity contribution in [2.75, 3.05) is 18.9 Å². The lowest BCUT2D eigenvalue weighted by atomic mass is 10.2. The first-order valence-electron chi connectivity index (χ1n) is 7.79. The van der Waals surface area contributed by atoms with Gasteiger partial charge in [-0.15, -0.1) is 35.3 Å². The van der Waals surface area contributed by atoms with E-state index in [0.717, 1.165) is 35.2 Å².